The minimum absolute atomic E-state index is 0.0577. The summed E-state index contributed by atoms with van der Waals surface area (Å²) in [6.45, 7) is 5.44. The third kappa shape index (κ3) is 6.03. The molecule has 144 valence electrons. The maximum Gasteiger partial charge on any atom is 0.166 e. The van der Waals surface area contributed by atoms with Crippen LogP contribution >= 0.6 is 0 Å². The molecule has 0 aromatic heterocycles. The molecule has 2 rings (SSSR count). The fraction of sp³-hybridized carbons (Fsp3) is 0.545. The van der Waals surface area contributed by atoms with Crippen molar-refractivity contribution in [3.05, 3.63) is 53.1 Å². The Hall–Kier alpha value is -1.52. The van der Waals surface area contributed by atoms with Crippen LogP contribution in [0.2, 0.25) is 0 Å². The van der Waals surface area contributed by atoms with Gasteiger partial charge < -0.3 is 9.47 Å². The van der Waals surface area contributed by atoms with E-state index in [0.29, 0.717) is 31.3 Å². The Morgan fingerprint density at radius 3 is 2.65 bits per heavy atom. The van der Waals surface area contributed by atoms with Gasteiger partial charge in [-0.3, -0.25) is 0 Å². The molecule has 1 aliphatic carbocycles. The van der Waals surface area contributed by atoms with Crippen molar-refractivity contribution in [3.8, 4) is 0 Å². The number of ether oxygens (including phenoxy) is 2. The lowest BCUT2D eigenvalue weighted by Crippen LogP contribution is -2.08. The molecular weight excluding hydrogens is 334 g/mol. The summed E-state index contributed by atoms with van der Waals surface area (Å²) < 4.78 is 39.4. The highest BCUT2D eigenvalue weighted by Crippen LogP contribution is 2.34. The predicted octanol–water partition coefficient (Wildman–Crippen LogP) is 6.06. The third-order valence-electron chi connectivity index (χ3n) is 4.84. The molecule has 1 aromatic carbocycles. The quantitative estimate of drug-likeness (QED) is 0.371. The second kappa shape index (κ2) is 11.2. The van der Waals surface area contributed by atoms with Crippen LogP contribution in [0, 0.1) is 17.6 Å². The zero-order valence-electron chi connectivity index (χ0n) is 15.9. The SMILES string of the molecule is C/C=C/CCC1CC=C(c2ccc(COCCOCC)c(F)c2F)CC1. The molecule has 0 radical (unpaired) electrons. The van der Waals surface area contributed by atoms with Crippen LogP contribution < -0.4 is 0 Å². The molecule has 1 unspecified atom stereocenters. The van der Waals surface area contributed by atoms with E-state index in [0.717, 1.165) is 37.7 Å². The summed E-state index contributed by atoms with van der Waals surface area (Å²) in [6.07, 6.45) is 11.4. The van der Waals surface area contributed by atoms with Crippen LogP contribution in [-0.4, -0.2) is 19.8 Å². The average molecular weight is 364 g/mol. The van der Waals surface area contributed by atoms with Crippen molar-refractivity contribution in [1.29, 1.82) is 0 Å². The summed E-state index contributed by atoms with van der Waals surface area (Å²) in [4.78, 5) is 0. The second-order valence-electron chi connectivity index (χ2n) is 6.67. The molecule has 1 aromatic rings. The topological polar surface area (TPSA) is 18.5 Å². The highest BCUT2D eigenvalue weighted by molar-refractivity contribution is 5.67. The van der Waals surface area contributed by atoms with E-state index < -0.39 is 11.6 Å². The van der Waals surface area contributed by atoms with Gasteiger partial charge in [0.1, 0.15) is 0 Å². The summed E-state index contributed by atoms with van der Waals surface area (Å²) in [5, 5.41) is 0. The van der Waals surface area contributed by atoms with Gasteiger partial charge in [0, 0.05) is 17.7 Å². The monoisotopic (exact) mass is 364 g/mol. The third-order valence-corrected chi connectivity index (χ3v) is 4.84. The van der Waals surface area contributed by atoms with Crippen LogP contribution in [0.15, 0.2) is 30.4 Å². The molecule has 26 heavy (non-hydrogen) atoms. The Kier molecular flexibility index (Phi) is 8.99. The first-order valence-corrected chi connectivity index (χ1v) is 9.60. The van der Waals surface area contributed by atoms with Crippen LogP contribution in [0.4, 0.5) is 8.78 Å². The summed E-state index contributed by atoms with van der Waals surface area (Å²) in [5.41, 5.74) is 1.57. The van der Waals surface area contributed by atoms with Gasteiger partial charge in [0.15, 0.2) is 11.6 Å². The molecular formula is C22H30F2O2. The highest BCUT2D eigenvalue weighted by atomic mass is 19.2. The van der Waals surface area contributed by atoms with Gasteiger partial charge in [0.2, 0.25) is 0 Å². The van der Waals surface area contributed by atoms with Gasteiger partial charge in [-0.25, -0.2) is 8.78 Å². The largest absolute Gasteiger partial charge is 0.379 e. The summed E-state index contributed by atoms with van der Waals surface area (Å²) in [5.74, 6) is -0.912. The van der Waals surface area contributed by atoms with Crippen molar-refractivity contribution in [1.82, 2.24) is 0 Å². The van der Waals surface area contributed by atoms with Gasteiger partial charge in [-0.05, 0) is 57.4 Å². The fourth-order valence-corrected chi connectivity index (χ4v) is 3.29. The lowest BCUT2D eigenvalue weighted by molar-refractivity contribution is 0.0441. The molecule has 0 bridgehead atoms. The van der Waals surface area contributed by atoms with Crippen molar-refractivity contribution in [2.45, 2.75) is 52.6 Å². The zero-order valence-corrected chi connectivity index (χ0v) is 15.9. The van der Waals surface area contributed by atoms with Gasteiger partial charge in [-0.1, -0.05) is 30.4 Å². The molecule has 0 saturated heterocycles. The Morgan fingerprint density at radius 2 is 1.96 bits per heavy atom. The van der Waals surface area contributed by atoms with Crippen LogP contribution in [0.25, 0.3) is 5.57 Å². The number of rotatable bonds is 10. The van der Waals surface area contributed by atoms with Crippen molar-refractivity contribution in [3.63, 3.8) is 0 Å². The highest BCUT2D eigenvalue weighted by Gasteiger charge is 2.20. The van der Waals surface area contributed by atoms with Gasteiger partial charge in [-0.15, -0.1) is 0 Å². The molecule has 0 N–H and O–H groups in total. The molecule has 1 aliphatic rings. The first kappa shape index (κ1) is 20.8. The fourth-order valence-electron chi connectivity index (χ4n) is 3.29. The predicted molar refractivity (Wildman–Crippen MR) is 102 cm³/mol. The minimum atomic E-state index is -0.796. The Balaban J connectivity index is 1.95. The van der Waals surface area contributed by atoms with Crippen molar-refractivity contribution in [2.75, 3.05) is 19.8 Å². The lowest BCUT2D eigenvalue weighted by Gasteiger charge is -2.22. The van der Waals surface area contributed by atoms with E-state index in [4.69, 9.17) is 9.47 Å². The van der Waals surface area contributed by atoms with Crippen molar-refractivity contribution < 1.29 is 18.3 Å². The number of hydrogen-bond donors (Lipinski definition) is 0. The van der Waals surface area contributed by atoms with Gasteiger partial charge in [-0.2, -0.15) is 0 Å². The summed E-state index contributed by atoms with van der Waals surface area (Å²) in [7, 11) is 0. The molecule has 0 aliphatic heterocycles. The lowest BCUT2D eigenvalue weighted by atomic mass is 9.84. The maximum absolute atomic E-state index is 14.5. The Morgan fingerprint density at radius 1 is 1.15 bits per heavy atom. The molecule has 2 nitrogen and oxygen atoms in total. The van der Waals surface area contributed by atoms with E-state index in [1.807, 2.05) is 13.8 Å². The minimum Gasteiger partial charge on any atom is -0.379 e. The molecule has 1 atom stereocenters. The van der Waals surface area contributed by atoms with Crippen molar-refractivity contribution >= 4 is 5.57 Å². The standard InChI is InChI=1S/C22H30F2O2/c1-3-5-6-7-17-8-10-18(11-9-17)20-13-12-19(21(23)22(20)24)16-26-15-14-25-4-2/h3,5,10,12-13,17H,4,6-9,11,14-16H2,1-2H3/b5-3+. The van der Waals surface area contributed by atoms with Gasteiger partial charge in [0.05, 0.1) is 19.8 Å². The second-order valence-corrected chi connectivity index (χ2v) is 6.67. The first-order chi connectivity index (χ1) is 12.7. The number of benzene rings is 1. The van der Waals surface area contributed by atoms with E-state index in [-0.39, 0.29) is 12.2 Å². The number of hydrogen-bond acceptors (Lipinski definition) is 2. The zero-order chi connectivity index (χ0) is 18.8. The van der Waals surface area contributed by atoms with E-state index >= 15 is 0 Å². The van der Waals surface area contributed by atoms with Crippen molar-refractivity contribution in [2.24, 2.45) is 5.92 Å². The van der Waals surface area contributed by atoms with Crippen LogP contribution in [0.3, 0.4) is 0 Å². The van der Waals surface area contributed by atoms with Crippen LogP contribution in [0.5, 0.6) is 0 Å². The average Bonchev–Trinajstić information content (AvgIpc) is 2.66. The van der Waals surface area contributed by atoms with Crippen LogP contribution in [-0.2, 0) is 16.1 Å². The molecule has 0 fully saturated rings. The first-order valence-electron chi connectivity index (χ1n) is 9.60. The van der Waals surface area contributed by atoms with E-state index in [1.165, 1.54) is 0 Å². The molecule has 0 saturated carbocycles. The molecule has 0 amide bonds. The molecule has 4 heteroatoms. The molecule has 0 spiro atoms. The van der Waals surface area contributed by atoms with Gasteiger partial charge in [0.25, 0.3) is 0 Å². The normalized spacial score (nSPS) is 17.7. The molecule has 0 heterocycles. The van der Waals surface area contributed by atoms with Crippen LogP contribution in [0.1, 0.15) is 57.1 Å². The van der Waals surface area contributed by atoms with E-state index in [1.54, 1.807) is 12.1 Å². The Bertz CT molecular complexity index is 623. The summed E-state index contributed by atoms with van der Waals surface area (Å²) in [6, 6.07) is 3.32. The van der Waals surface area contributed by atoms with E-state index in [2.05, 4.69) is 18.2 Å². The smallest absolute Gasteiger partial charge is 0.166 e. The number of allylic oxidation sites excluding steroid dienone is 4. The van der Waals surface area contributed by atoms with Gasteiger partial charge >= 0.3 is 0 Å². The maximum atomic E-state index is 14.5. The summed E-state index contributed by atoms with van der Waals surface area (Å²) >= 11 is 0. The van der Waals surface area contributed by atoms with E-state index in [9.17, 15) is 8.78 Å². The number of halogens is 2. The Labute approximate surface area is 155 Å².